The van der Waals surface area contributed by atoms with Crippen LogP contribution in [0.15, 0.2) is 30.5 Å². The molecule has 1 aromatic carbocycles. The van der Waals surface area contributed by atoms with Crippen LogP contribution in [0.5, 0.6) is 0 Å². The highest BCUT2D eigenvalue weighted by Crippen LogP contribution is 2.36. The van der Waals surface area contributed by atoms with Crippen LogP contribution in [0.3, 0.4) is 0 Å². The molecule has 2 N–H and O–H groups in total. The van der Waals surface area contributed by atoms with Crippen LogP contribution in [-0.4, -0.2) is 48.5 Å². The number of benzene rings is 1. The van der Waals surface area contributed by atoms with Crippen molar-refractivity contribution in [2.24, 2.45) is 5.92 Å². The van der Waals surface area contributed by atoms with Crippen LogP contribution in [0.1, 0.15) is 50.2 Å². The van der Waals surface area contributed by atoms with Crippen molar-refractivity contribution in [1.29, 1.82) is 5.26 Å². The number of nitrogens with one attached hydrogen (secondary N) is 2. The molecule has 1 atom stereocenters. The lowest BCUT2D eigenvalue weighted by atomic mass is 10.1. The van der Waals surface area contributed by atoms with Gasteiger partial charge in [-0.2, -0.15) is 18.4 Å². The number of likely N-dealkylation sites (tertiary alicyclic amines) is 1. The van der Waals surface area contributed by atoms with Gasteiger partial charge in [0.05, 0.1) is 23.2 Å². The quantitative estimate of drug-likeness (QED) is 0.426. The van der Waals surface area contributed by atoms with Crippen LogP contribution in [-0.2, 0) is 17.4 Å². The number of amides is 1. The van der Waals surface area contributed by atoms with Crippen molar-refractivity contribution in [2.75, 3.05) is 48.3 Å². The first-order valence-electron chi connectivity index (χ1n) is 12.9. The first kappa shape index (κ1) is 26.6. The van der Waals surface area contributed by atoms with Gasteiger partial charge in [0.25, 0.3) is 0 Å². The molecule has 2 aromatic rings. The molecule has 2 saturated heterocycles. The summed E-state index contributed by atoms with van der Waals surface area (Å²) in [5.41, 5.74) is 1.97. The number of rotatable bonds is 9. The number of aromatic nitrogens is 1. The second kappa shape index (κ2) is 11.7. The smallest absolute Gasteiger partial charge is 0.384 e. The van der Waals surface area contributed by atoms with Crippen LogP contribution in [0.25, 0.3) is 0 Å². The summed E-state index contributed by atoms with van der Waals surface area (Å²) in [6, 6.07) is 9.66. The van der Waals surface area contributed by atoms with E-state index >= 15 is 0 Å². The zero-order chi connectivity index (χ0) is 26.4. The number of nitriles is 1. The van der Waals surface area contributed by atoms with Gasteiger partial charge in [-0.25, -0.2) is 4.98 Å². The van der Waals surface area contributed by atoms with Crippen LogP contribution < -0.4 is 15.5 Å². The number of alkyl halides is 3. The molecule has 0 spiro atoms. The highest BCUT2D eigenvalue weighted by atomic mass is 19.4. The molecule has 37 heavy (non-hydrogen) atoms. The van der Waals surface area contributed by atoms with Crippen molar-refractivity contribution in [3.8, 4) is 6.07 Å². The van der Waals surface area contributed by atoms with Crippen molar-refractivity contribution in [3.63, 3.8) is 0 Å². The van der Waals surface area contributed by atoms with E-state index in [4.69, 9.17) is 0 Å². The number of nitrogens with zero attached hydrogens (tertiary/aromatic N) is 4. The number of hydrogen-bond donors (Lipinski definition) is 2. The monoisotopic (exact) mass is 514 g/mol. The summed E-state index contributed by atoms with van der Waals surface area (Å²) in [5.74, 6) is 0.463. The predicted octanol–water partition coefficient (Wildman–Crippen LogP) is 5.57. The summed E-state index contributed by atoms with van der Waals surface area (Å²) in [6.45, 7) is 5.10. The first-order valence-corrected chi connectivity index (χ1v) is 12.9. The van der Waals surface area contributed by atoms with Crippen LogP contribution in [0, 0.1) is 17.2 Å². The lowest BCUT2D eigenvalue weighted by Gasteiger charge is -2.26. The first-order chi connectivity index (χ1) is 17.8. The predicted molar refractivity (Wildman–Crippen MR) is 138 cm³/mol. The zero-order valence-electron chi connectivity index (χ0n) is 21.1. The largest absolute Gasteiger partial charge is 0.419 e. The van der Waals surface area contributed by atoms with Crippen molar-refractivity contribution in [1.82, 2.24) is 9.88 Å². The zero-order valence-corrected chi connectivity index (χ0v) is 21.1. The molecule has 10 heteroatoms. The van der Waals surface area contributed by atoms with Gasteiger partial charge in [-0.05, 0) is 55.9 Å². The minimum absolute atomic E-state index is 0.0329. The third-order valence-corrected chi connectivity index (χ3v) is 7.02. The molecule has 0 bridgehead atoms. The summed E-state index contributed by atoms with van der Waals surface area (Å²) >= 11 is 0. The Labute approximate surface area is 215 Å². The van der Waals surface area contributed by atoms with Gasteiger partial charge in [-0.3, -0.25) is 4.79 Å². The maximum Gasteiger partial charge on any atom is 0.419 e. The maximum absolute atomic E-state index is 13.6. The highest BCUT2D eigenvalue weighted by Gasteiger charge is 2.34. The Morgan fingerprint density at radius 3 is 2.73 bits per heavy atom. The average molecular weight is 515 g/mol. The van der Waals surface area contributed by atoms with Crippen molar-refractivity contribution < 1.29 is 18.0 Å². The summed E-state index contributed by atoms with van der Waals surface area (Å²) in [5, 5.41) is 15.3. The Hall–Kier alpha value is -3.48. The van der Waals surface area contributed by atoms with Crippen molar-refractivity contribution >= 4 is 28.8 Å². The molecular formula is C27H33F3N6O. The van der Waals surface area contributed by atoms with Gasteiger partial charge >= 0.3 is 6.18 Å². The SMILES string of the molecule is CCc1cc(N2CC[C@@H](C#N)C2)ccc1Nc1cc(NCCCN2CCCCC2=O)c(C(F)(F)F)cn1. The van der Waals surface area contributed by atoms with E-state index in [0.717, 1.165) is 55.4 Å². The minimum Gasteiger partial charge on any atom is -0.384 e. The molecule has 7 nitrogen and oxygen atoms in total. The highest BCUT2D eigenvalue weighted by molar-refractivity contribution is 5.76. The Bertz CT molecular complexity index is 1150. The van der Waals surface area contributed by atoms with Crippen molar-refractivity contribution in [2.45, 2.75) is 51.6 Å². The standard InChI is InChI=1S/C27H33F3N6O/c1-2-20-14-21(36-13-9-19(16-31)18-36)7-8-23(20)34-25-15-24(22(17-33-25)27(28,29)30)32-10-5-12-35-11-4-3-6-26(35)37/h7-8,14-15,17,19H,2-6,9-13,18H2,1H3,(H2,32,33,34)/t19-/m0/s1. The number of aryl methyl sites for hydroxylation is 1. The van der Waals surface area contributed by atoms with Crippen LogP contribution in [0.4, 0.5) is 36.1 Å². The molecule has 0 saturated carbocycles. The van der Waals surface area contributed by atoms with E-state index < -0.39 is 11.7 Å². The molecule has 1 amide bonds. The lowest BCUT2D eigenvalue weighted by Crippen LogP contribution is -2.36. The Balaban J connectivity index is 1.45. The van der Waals surface area contributed by atoms with Gasteiger partial charge in [0.15, 0.2) is 0 Å². The number of hydrogen-bond acceptors (Lipinski definition) is 6. The third kappa shape index (κ3) is 6.64. The molecule has 2 aliphatic heterocycles. The minimum atomic E-state index is -4.54. The second-order valence-corrected chi connectivity index (χ2v) is 9.61. The van der Waals surface area contributed by atoms with Gasteiger partial charge in [0.1, 0.15) is 5.82 Å². The number of pyridine rings is 1. The van der Waals surface area contributed by atoms with Gasteiger partial charge in [-0.1, -0.05) is 6.92 Å². The molecule has 3 heterocycles. The number of halogens is 3. The van der Waals surface area contributed by atoms with Gasteiger partial charge in [0.2, 0.25) is 5.91 Å². The van der Waals surface area contributed by atoms with Gasteiger partial charge in [-0.15, -0.1) is 0 Å². The van der Waals surface area contributed by atoms with E-state index in [-0.39, 0.29) is 17.5 Å². The molecule has 0 unspecified atom stereocenters. The molecule has 198 valence electrons. The fraction of sp³-hybridized carbons (Fsp3) is 0.519. The molecule has 4 rings (SSSR count). The van der Waals surface area contributed by atoms with Crippen LogP contribution >= 0.6 is 0 Å². The molecule has 2 aliphatic rings. The van der Waals surface area contributed by atoms with E-state index in [1.54, 1.807) is 4.90 Å². The summed E-state index contributed by atoms with van der Waals surface area (Å²) in [6.07, 6.45) is 0.857. The molecular weight excluding hydrogens is 481 g/mol. The fourth-order valence-electron chi connectivity index (χ4n) is 4.92. The Morgan fingerprint density at radius 1 is 1.19 bits per heavy atom. The average Bonchev–Trinajstić information content (AvgIpc) is 3.37. The van der Waals surface area contributed by atoms with Gasteiger partial charge < -0.3 is 20.4 Å². The van der Waals surface area contributed by atoms with E-state index in [9.17, 15) is 23.2 Å². The van der Waals surface area contributed by atoms with Crippen molar-refractivity contribution in [3.05, 3.63) is 41.6 Å². The number of piperidine rings is 1. The summed E-state index contributed by atoms with van der Waals surface area (Å²) in [4.78, 5) is 20.0. The topological polar surface area (TPSA) is 84.3 Å². The molecule has 0 radical (unpaired) electrons. The summed E-state index contributed by atoms with van der Waals surface area (Å²) < 4.78 is 40.9. The molecule has 1 aromatic heterocycles. The van der Waals surface area contributed by atoms with E-state index in [2.05, 4.69) is 32.7 Å². The Kier molecular flexibility index (Phi) is 8.41. The number of anilines is 4. The van der Waals surface area contributed by atoms with Crippen LogP contribution in [0.2, 0.25) is 0 Å². The molecule has 2 fully saturated rings. The number of carbonyl (C=O) groups excluding carboxylic acids is 1. The van der Waals surface area contributed by atoms with E-state index in [0.29, 0.717) is 44.8 Å². The third-order valence-electron chi connectivity index (χ3n) is 7.02. The maximum atomic E-state index is 13.6. The summed E-state index contributed by atoms with van der Waals surface area (Å²) in [7, 11) is 0. The Morgan fingerprint density at radius 2 is 2.03 bits per heavy atom. The fourth-order valence-corrected chi connectivity index (χ4v) is 4.92. The normalized spacial score (nSPS) is 18.1. The lowest BCUT2D eigenvalue weighted by molar-refractivity contribution is -0.137. The number of carbonyl (C=O) groups is 1. The molecule has 0 aliphatic carbocycles. The second-order valence-electron chi connectivity index (χ2n) is 9.61. The van der Waals surface area contributed by atoms with E-state index in [1.165, 1.54) is 6.07 Å². The van der Waals surface area contributed by atoms with Gasteiger partial charge in [0, 0.05) is 62.8 Å². The van der Waals surface area contributed by atoms with E-state index in [1.807, 2.05) is 19.1 Å².